The van der Waals surface area contributed by atoms with Crippen LogP contribution in [0, 0.1) is 5.82 Å². The summed E-state index contributed by atoms with van der Waals surface area (Å²) in [5, 5.41) is 9.86. The van der Waals surface area contributed by atoms with Gasteiger partial charge in [0.1, 0.15) is 5.82 Å². The molecule has 4 nitrogen and oxygen atoms in total. The van der Waals surface area contributed by atoms with E-state index >= 15 is 0 Å². The van der Waals surface area contributed by atoms with Crippen molar-refractivity contribution >= 4 is 5.69 Å². The summed E-state index contributed by atoms with van der Waals surface area (Å²) >= 11 is 0. The molecule has 1 aromatic rings. The first-order chi connectivity index (χ1) is 9.52. The molecule has 0 saturated carbocycles. The molecule has 0 heterocycles. The Morgan fingerprint density at radius 2 is 1.95 bits per heavy atom. The molecule has 0 aliphatic rings. The van der Waals surface area contributed by atoms with Crippen LogP contribution in [0.15, 0.2) is 18.2 Å². The zero-order valence-electron chi connectivity index (χ0n) is 12.6. The lowest BCUT2D eigenvalue weighted by Gasteiger charge is -2.33. The fourth-order valence-corrected chi connectivity index (χ4v) is 2.25. The van der Waals surface area contributed by atoms with E-state index in [1.54, 1.807) is 33.3 Å². The van der Waals surface area contributed by atoms with E-state index in [4.69, 9.17) is 9.47 Å². The second-order valence-corrected chi connectivity index (χ2v) is 4.84. The van der Waals surface area contributed by atoms with Crippen molar-refractivity contribution in [1.82, 2.24) is 0 Å². The van der Waals surface area contributed by atoms with Crippen LogP contribution in [0.25, 0.3) is 0 Å². The average Bonchev–Trinajstić information content (AvgIpc) is 2.40. The third kappa shape index (κ3) is 4.16. The molecule has 0 amide bonds. The van der Waals surface area contributed by atoms with Gasteiger partial charge in [-0.1, -0.05) is 12.1 Å². The van der Waals surface area contributed by atoms with Crippen LogP contribution in [-0.2, 0) is 9.47 Å². The number of benzene rings is 1. The van der Waals surface area contributed by atoms with Crippen molar-refractivity contribution in [2.45, 2.75) is 26.0 Å². The van der Waals surface area contributed by atoms with Gasteiger partial charge in [0.2, 0.25) is 0 Å². The van der Waals surface area contributed by atoms with E-state index in [-0.39, 0.29) is 11.9 Å². The first-order valence-electron chi connectivity index (χ1n) is 6.73. The van der Waals surface area contributed by atoms with Gasteiger partial charge in [0, 0.05) is 32.4 Å². The Hall–Kier alpha value is -1.17. The first-order valence-corrected chi connectivity index (χ1v) is 6.73. The highest BCUT2D eigenvalue weighted by atomic mass is 19.1. The molecule has 0 radical (unpaired) electrons. The maximum absolute atomic E-state index is 14.3. The van der Waals surface area contributed by atoms with Gasteiger partial charge in [-0.05, 0) is 19.9 Å². The van der Waals surface area contributed by atoms with Crippen LogP contribution in [0.3, 0.4) is 0 Å². The zero-order chi connectivity index (χ0) is 15.1. The number of nitrogens with zero attached hydrogens (tertiary/aromatic N) is 1. The number of para-hydroxylation sites is 1. The van der Waals surface area contributed by atoms with Gasteiger partial charge in [0.15, 0.2) is 0 Å². The largest absolute Gasteiger partial charge is 0.389 e. The highest BCUT2D eigenvalue weighted by Crippen LogP contribution is 2.30. The molecule has 0 aliphatic carbocycles. The van der Waals surface area contributed by atoms with E-state index in [1.807, 2.05) is 11.8 Å². The molecule has 0 spiro atoms. The van der Waals surface area contributed by atoms with Gasteiger partial charge in [-0.3, -0.25) is 0 Å². The lowest BCUT2D eigenvalue weighted by Crippen LogP contribution is -2.40. The summed E-state index contributed by atoms with van der Waals surface area (Å²) in [5.74, 6) is -0.345. The van der Waals surface area contributed by atoms with Crippen LogP contribution in [0.5, 0.6) is 0 Å². The number of halogens is 1. The van der Waals surface area contributed by atoms with Crippen LogP contribution >= 0.6 is 0 Å². The quantitative estimate of drug-likeness (QED) is 0.796. The summed E-state index contributed by atoms with van der Waals surface area (Å²) in [5.41, 5.74) is 0.994. The van der Waals surface area contributed by atoms with E-state index < -0.39 is 6.10 Å². The fourth-order valence-electron chi connectivity index (χ4n) is 2.25. The molecule has 0 bridgehead atoms. The normalized spacial score (nSPS) is 14.1. The summed E-state index contributed by atoms with van der Waals surface area (Å²) < 4.78 is 24.5. The number of hydrogen-bond donors (Lipinski definition) is 1. The minimum Gasteiger partial charge on any atom is -0.389 e. The Kier molecular flexibility index (Phi) is 6.91. The molecule has 1 N–H and O–H groups in total. The molecule has 0 saturated heterocycles. The summed E-state index contributed by atoms with van der Waals surface area (Å²) in [4.78, 5) is 1.88. The van der Waals surface area contributed by atoms with E-state index in [2.05, 4.69) is 0 Å². The topological polar surface area (TPSA) is 41.9 Å². The molecule has 1 rings (SSSR count). The lowest BCUT2D eigenvalue weighted by atomic mass is 10.1. The van der Waals surface area contributed by atoms with Crippen LogP contribution in [0.2, 0.25) is 0 Å². The third-order valence-electron chi connectivity index (χ3n) is 3.23. The number of ether oxygens (including phenoxy) is 2. The van der Waals surface area contributed by atoms with Crippen molar-refractivity contribution in [2.24, 2.45) is 0 Å². The highest BCUT2D eigenvalue weighted by Gasteiger charge is 2.22. The number of methoxy groups -OCH3 is 2. The van der Waals surface area contributed by atoms with Gasteiger partial charge in [-0.2, -0.15) is 0 Å². The smallest absolute Gasteiger partial charge is 0.146 e. The Balaban J connectivity index is 3.17. The van der Waals surface area contributed by atoms with Crippen LogP contribution in [0.1, 0.15) is 25.5 Å². The predicted molar refractivity (Wildman–Crippen MR) is 77.6 cm³/mol. The molecule has 1 unspecified atom stereocenters. The molecule has 114 valence electrons. The molecular formula is C15H24FNO3. The Bertz CT molecular complexity index is 412. The molecule has 0 aliphatic heterocycles. The first kappa shape index (κ1) is 16.9. The van der Waals surface area contributed by atoms with Gasteiger partial charge in [0.25, 0.3) is 0 Å². The van der Waals surface area contributed by atoms with Crippen molar-refractivity contribution in [3.8, 4) is 0 Å². The summed E-state index contributed by atoms with van der Waals surface area (Å²) in [6, 6.07) is 4.73. The Morgan fingerprint density at radius 3 is 2.50 bits per heavy atom. The second-order valence-electron chi connectivity index (χ2n) is 4.84. The van der Waals surface area contributed by atoms with E-state index in [9.17, 15) is 9.50 Å². The Morgan fingerprint density at radius 1 is 1.25 bits per heavy atom. The zero-order valence-corrected chi connectivity index (χ0v) is 12.6. The standard InChI is InChI=1S/C15H24FNO3/c1-11(10-20-4)17(8-9-19-3)15-13(12(2)18)6-5-7-14(15)16/h5-7,11-12,18H,8-10H2,1-4H3/t11?,12-/m0/s1. The van der Waals surface area contributed by atoms with Crippen molar-refractivity contribution in [2.75, 3.05) is 38.9 Å². The van der Waals surface area contributed by atoms with Gasteiger partial charge >= 0.3 is 0 Å². The van der Waals surface area contributed by atoms with Crippen molar-refractivity contribution < 1.29 is 19.0 Å². The number of anilines is 1. The third-order valence-corrected chi connectivity index (χ3v) is 3.23. The fraction of sp³-hybridized carbons (Fsp3) is 0.600. The van der Waals surface area contributed by atoms with Crippen LogP contribution in [0.4, 0.5) is 10.1 Å². The monoisotopic (exact) mass is 285 g/mol. The number of hydrogen-bond acceptors (Lipinski definition) is 4. The van der Waals surface area contributed by atoms with Crippen LogP contribution in [-0.4, -0.2) is 45.1 Å². The molecule has 0 fully saturated rings. The molecule has 20 heavy (non-hydrogen) atoms. The van der Waals surface area contributed by atoms with E-state index in [0.717, 1.165) is 0 Å². The molecule has 5 heteroatoms. The molecule has 2 atom stereocenters. The van der Waals surface area contributed by atoms with E-state index in [1.165, 1.54) is 6.07 Å². The Labute approximate surface area is 120 Å². The predicted octanol–water partition coefficient (Wildman–Crippen LogP) is 2.37. The minimum absolute atomic E-state index is 0.0236. The van der Waals surface area contributed by atoms with Crippen LogP contribution < -0.4 is 4.90 Å². The summed E-state index contributed by atoms with van der Waals surface area (Å²) in [6.07, 6.45) is -0.736. The van der Waals surface area contributed by atoms with Crippen molar-refractivity contribution in [3.63, 3.8) is 0 Å². The molecular weight excluding hydrogens is 261 g/mol. The maximum Gasteiger partial charge on any atom is 0.146 e. The number of aliphatic hydroxyl groups excluding tert-OH is 1. The second kappa shape index (κ2) is 8.19. The number of aliphatic hydroxyl groups is 1. The number of rotatable bonds is 8. The van der Waals surface area contributed by atoms with Gasteiger partial charge < -0.3 is 19.5 Å². The lowest BCUT2D eigenvalue weighted by molar-refractivity contribution is 0.169. The van der Waals surface area contributed by atoms with E-state index in [0.29, 0.717) is 31.0 Å². The summed E-state index contributed by atoms with van der Waals surface area (Å²) in [6.45, 7) is 5.06. The highest BCUT2D eigenvalue weighted by molar-refractivity contribution is 5.56. The van der Waals surface area contributed by atoms with Crippen molar-refractivity contribution in [3.05, 3.63) is 29.6 Å². The maximum atomic E-state index is 14.3. The minimum atomic E-state index is -0.736. The van der Waals surface area contributed by atoms with Gasteiger partial charge in [0.05, 0.1) is 25.0 Å². The van der Waals surface area contributed by atoms with Gasteiger partial charge in [-0.15, -0.1) is 0 Å². The molecule has 0 aromatic heterocycles. The van der Waals surface area contributed by atoms with Gasteiger partial charge in [-0.25, -0.2) is 4.39 Å². The SMILES string of the molecule is COCCN(c1c(F)cccc1[C@H](C)O)C(C)COC. The van der Waals surface area contributed by atoms with Crippen molar-refractivity contribution in [1.29, 1.82) is 0 Å². The summed E-state index contributed by atoms with van der Waals surface area (Å²) in [7, 11) is 3.22. The molecule has 1 aromatic carbocycles. The average molecular weight is 285 g/mol.